The predicted octanol–water partition coefficient (Wildman–Crippen LogP) is 2.45. The minimum atomic E-state index is -4.63. The summed E-state index contributed by atoms with van der Waals surface area (Å²) in [5.41, 5.74) is 3.75. The Morgan fingerprint density at radius 1 is 1.34 bits per heavy atom. The summed E-state index contributed by atoms with van der Waals surface area (Å²) in [6.07, 6.45) is -2.73. The van der Waals surface area contributed by atoms with Crippen LogP contribution >= 0.6 is 11.6 Å². The van der Waals surface area contributed by atoms with Crippen molar-refractivity contribution >= 4 is 35.1 Å². The van der Waals surface area contributed by atoms with Crippen molar-refractivity contribution in [1.82, 2.24) is 15.3 Å². The van der Waals surface area contributed by atoms with E-state index in [1.54, 1.807) is 6.92 Å². The number of carbonyl (C=O) groups excluding carboxylic acids is 2. The van der Waals surface area contributed by atoms with Crippen LogP contribution in [0.15, 0.2) is 35.6 Å². The number of hydrogen-bond donors (Lipinski definition) is 3. The van der Waals surface area contributed by atoms with E-state index in [4.69, 9.17) is 17.3 Å². The molecular formula is C17H14ClF3N6O2. The highest BCUT2D eigenvalue weighted by molar-refractivity contribution is 6.34. The number of rotatable bonds is 3. The van der Waals surface area contributed by atoms with Gasteiger partial charge < -0.3 is 11.1 Å². The molecule has 0 saturated carbocycles. The van der Waals surface area contributed by atoms with Crippen LogP contribution in [0.3, 0.4) is 0 Å². The third kappa shape index (κ3) is 4.45. The van der Waals surface area contributed by atoms with E-state index in [9.17, 15) is 22.8 Å². The van der Waals surface area contributed by atoms with Gasteiger partial charge in [0.05, 0.1) is 22.7 Å². The Balaban J connectivity index is 1.85. The molecule has 12 heteroatoms. The van der Waals surface area contributed by atoms with Crippen molar-refractivity contribution in [1.29, 1.82) is 0 Å². The molecule has 1 aliphatic rings. The molecule has 0 spiro atoms. The Morgan fingerprint density at radius 3 is 2.69 bits per heavy atom. The van der Waals surface area contributed by atoms with E-state index < -0.39 is 28.2 Å². The van der Waals surface area contributed by atoms with Crippen LogP contribution in [0.5, 0.6) is 0 Å². The van der Waals surface area contributed by atoms with Gasteiger partial charge in [-0.15, -0.1) is 0 Å². The summed E-state index contributed by atoms with van der Waals surface area (Å²) in [6.45, 7) is 1.65. The molecule has 3 heterocycles. The zero-order valence-corrected chi connectivity index (χ0v) is 15.6. The maximum atomic E-state index is 12.7. The fourth-order valence-electron chi connectivity index (χ4n) is 2.73. The largest absolute Gasteiger partial charge is 0.417 e. The van der Waals surface area contributed by atoms with Gasteiger partial charge in [0.2, 0.25) is 5.91 Å². The van der Waals surface area contributed by atoms with Crippen LogP contribution in [0, 0.1) is 0 Å². The number of nitrogens with zero attached hydrogens (tertiary/aromatic N) is 3. The highest BCUT2D eigenvalue weighted by Crippen LogP contribution is 2.32. The molecule has 0 aromatic carbocycles. The Bertz CT molecular complexity index is 1030. The first kappa shape index (κ1) is 20.5. The van der Waals surface area contributed by atoms with Gasteiger partial charge in [0.15, 0.2) is 5.96 Å². The highest BCUT2D eigenvalue weighted by Gasteiger charge is 2.35. The predicted molar refractivity (Wildman–Crippen MR) is 98.2 cm³/mol. The van der Waals surface area contributed by atoms with Crippen LogP contribution in [-0.2, 0) is 16.5 Å². The van der Waals surface area contributed by atoms with E-state index in [0.29, 0.717) is 18.0 Å². The number of aliphatic imine (C=N–C) groups is 1. The first-order valence-corrected chi connectivity index (χ1v) is 8.51. The molecule has 0 radical (unpaired) electrons. The number of pyridine rings is 2. The van der Waals surface area contributed by atoms with Crippen LogP contribution in [-0.4, -0.2) is 27.7 Å². The molecule has 2 aromatic heterocycles. The average molecular weight is 427 g/mol. The molecule has 2 amide bonds. The molecule has 8 nitrogen and oxygen atoms in total. The fraction of sp³-hybridized carbons (Fsp3) is 0.235. The zero-order valence-electron chi connectivity index (χ0n) is 14.8. The van der Waals surface area contributed by atoms with Gasteiger partial charge in [0.25, 0.3) is 5.91 Å². The van der Waals surface area contributed by atoms with Gasteiger partial charge in [0, 0.05) is 18.1 Å². The quantitative estimate of drug-likeness (QED) is 0.695. The SMILES string of the molecule is CC1(c2cc(NC(=O)c3ncc(C(F)(F)F)cc3Cl)ccn2)CC(=O)NC(N)=N1. The normalized spacial score (nSPS) is 19.3. The van der Waals surface area contributed by atoms with Gasteiger partial charge in [-0.3, -0.25) is 19.9 Å². The number of halogens is 4. The van der Waals surface area contributed by atoms with Crippen LogP contribution in [0.25, 0.3) is 0 Å². The molecule has 4 N–H and O–H groups in total. The number of anilines is 1. The molecule has 2 aromatic rings. The van der Waals surface area contributed by atoms with Gasteiger partial charge in [0.1, 0.15) is 11.2 Å². The second-order valence-electron chi connectivity index (χ2n) is 6.43. The number of carbonyl (C=O) groups is 2. The van der Waals surface area contributed by atoms with Crippen molar-refractivity contribution in [2.75, 3.05) is 5.32 Å². The Labute approximate surface area is 167 Å². The zero-order chi connectivity index (χ0) is 21.4. The molecule has 3 rings (SSSR count). The Kier molecular flexibility index (Phi) is 5.18. The number of alkyl halides is 3. The third-order valence-corrected chi connectivity index (χ3v) is 4.38. The minimum absolute atomic E-state index is 0.00954. The summed E-state index contributed by atoms with van der Waals surface area (Å²) in [4.78, 5) is 36.1. The number of amides is 2. The molecule has 1 atom stereocenters. The number of nitrogens with one attached hydrogen (secondary N) is 2. The lowest BCUT2D eigenvalue weighted by Gasteiger charge is -2.28. The van der Waals surface area contributed by atoms with E-state index in [0.717, 1.165) is 0 Å². The maximum absolute atomic E-state index is 12.7. The lowest BCUT2D eigenvalue weighted by Crippen LogP contribution is -2.46. The van der Waals surface area contributed by atoms with E-state index >= 15 is 0 Å². The van der Waals surface area contributed by atoms with E-state index in [1.165, 1.54) is 18.3 Å². The van der Waals surface area contributed by atoms with E-state index in [2.05, 4.69) is 25.6 Å². The summed E-state index contributed by atoms with van der Waals surface area (Å²) in [5, 5.41) is 4.43. The average Bonchev–Trinajstić information content (AvgIpc) is 2.59. The molecule has 0 fully saturated rings. The van der Waals surface area contributed by atoms with Gasteiger partial charge in [-0.2, -0.15) is 13.2 Å². The van der Waals surface area contributed by atoms with Crippen molar-refractivity contribution in [3.8, 4) is 0 Å². The molecule has 0 saturated heterocycles. The first-order valence-electron chi connectivity index (χ1n) is 8.14. The molecule has 152 valence electrons. The fourth-order valence-corrected chi connectivity index (χ4v) is 2.99. The molecular weight excluding hydrogens is 413 g/mol. The summed E-state index contributed by atoms with van der Waals surface area (Å²) >= 11 is 5.79. The van der Waals surface area contributed by atoms with Crippen LogP contribution in [0.4, 0.5) is 18.9 Å². The van der Waals surface area contributed by atoms with E-state index in [-0.39, 0.29) is 29.7 Å². The summed E-state index contributed by atoms with van der Waals surface area (Å²) in [5.74, 6) is -1.20. The number of guanidine groups is 1. The van der Waals surface area contributed by atoms with Crippen molar-refractivity contribution < 1.29 is 22.8 Å². The van der Waals surface area contributed by atoms with Gasteiger partial charge in [-0.05, 0) is 25.1 Å². The van der Waals surface area contributed by atoms with E-state index in [1.807, 2.05) is 0 Å². The van der Waals surface area contributed by atoms with Crippen molar-refractivity contribution in [3.63, 3.8) is 0 Å². The van der Waals surface area contributed by atoms with Crippen LogP contribution in [0.1, 0.15) is 35.1 Å². The highest BCUT2D eigenvalue weighted by atomic mass is 35.5. The topological polar surface area (TPSA) is 122 Å². The standard InChI is InChI=1S/C17H14ClF3N6O2/c1-16(6-12(28)26-15(22)27-16)11-5-9(2-3-23-11)25-14(29)13-10(18)4-8(7-24-13)17(19,20)21/h2-5,7H,6H2,1H3,(H,23,25,29)(H3,22,26,27,28). The molecule has 29 heavy (non-hydrogen) atoms. The summed E-state index contributed by atoms with van der Waals surface area (Å²) < 4.78 is 38.1. The maximum Gasteiger partial charge on any atom is 0.417 e. The minimum Gasteiger partial charge on any atom is -0.370 e. The molecule has 1 aliphatic heterocycles. The first-order chi connectivity index (χ1) is 13.5. The number of hydrogen-bond acceptors (Lipinski definition) is 6. The number of aromatic nitrogens is 2. The Morgan fingerprint density at radius 2 is 2.07 bits per heavy atom. The monoisotopic (exact) mass is 426 g/mol. The molecule has 0 bridgehead atoms. The van der Waals surface area contributed by atoms with Crippen molar-refractivity contribution in [3.05, 3.63) is 52.6 Å². The lowest BCUT2D eigenvalue weighted by atomic mass is 9.92. The second-order valence-corrected chi connectivity index (χ2v) is 6.84. The smallest absolute Gasteiger partial charge is 0.370 e. The molecule has 1 unspecified atom stereocenters. The van der Waals surface area contributed by atoms with Crippen molar-refractivity contribution in [2.45, 2.75) is 25.1 Å². The second kappa shape index (κ2) is 7.32. The van der Waals surface area contributed by atoms with Crippen LogP contribution in [0.2, 0.25) is 5.02 Å². The summed E-state index contributed by atoms with van der Waals surface area (Å²) in [7, 11) is 0. The van der Waals surface area contributed by atoms with Crippen molar-refractivity contribution in [2.24, 2.45) is 10.7 Å². The van der Waals surface area contributed by atoms with Gasteiger partial charge in [-0.25, -0.2) is 9.98 Å². The van der Waals surface area contributed by atoms with Crippen LogP contribution < -0.4 is 16.4 Å². The Hall–Kier alpha value is -3.21. The van der Waals surface area contributed by atoms with Gasteiger partial charge in [-0.1, -0.05) is 11.6 Å². The van der Waals surface area contributed by atoms with Gasteiger partial charge >= 0.3 is 6.18 Å². The molecule has 0 aliphatic carbocycles. The number of nitrogens with two attached hydrogens (primary N) is 1. The third-order valence-electron chi connectivity index (χ3n) is 4.09. The summed E-state index contributed by atoms with van der Waals surface area (Å²) in [6, 6.07) is 3.56. The lowest BCUT2D eigenvalue weighted by molar-refractivity contribution is -0.137.